The lowest BCUT2D eigenvalue weighted by molar-refractivity contribution is -0.155. The predicted octanol–water partition coefficient (Wildman–Crippen LogP) is 2.71. The van der Waals surface area contributed by atoms with Crippen LogP contribution in [0.25, 0.3) is 0 Å². The van der Waals surface area contributed by atoms with Crippen LogP contribution in [0.2, 0.25) is 5.02 Å². The maximum Gasteiger partial charge on any atom is 0.251 e. The Morgan fingerprint density at radius 3 is 2.59 bits per heavy atom. The van der Waals surface area contributed by atoms with Crippen LogP contribution in [0.4, 0.5) is 14.6 Å². The zero-order chi connectivity index (χ0) is 20.7. The van der Waals surface area contributed by atoms with Gasteiger partial charge in [-0.25, -0.2) is 13.8 Å². The maximum absolute atomic E-state index is 14.4. The minimum atomic E-state index is -0.841. The van der Waals surface area contributed by atoms with Crippen LogP contribution in [0.3, 0.4) is 0 Å². The molecule has 2 amide bonds. The molecule has 6 nitrogen and oxygen atoms in total. The summed E-state index contributed by atoms with van der Waals surface area (Å²) in [5, 5.41) is 0.0917. The number of hydrogen-bond acceptors (Lipinski definition) is 4. The number of amides is 2. The average molecular weight is 422 g/mol. The van der Waals surface area contributed by atoms with Gasteiger partial charge >= 0.3 is 0 Å². The molecule has 0 spiro atoms. The summed E-state index contributed by atoms with van der Waals surface area (Å²) in [6, 6.07) is 4.91. The zero-order valence-electron chi connectivity index (χ0n) is 15.6. The average Bonchev–Trinajstić information content (AvgIpc) is 2.62. The second kappa shape index (κ2) is 7.68. The van der Waals surface area contributed by atoms with E-state index in [0.717, 1.165) is 11.0 Å². The monoisotopic (exact) mass is 421 g/mol. The Balaban J connectivity index is 1.66. The van der Waals surface area contributed by atoms with E-state index in [1.165, 1.54) is 17.2 Å². The van der Waals surface area contributed by atoms with Crippen LogP contribution in [0, 0.1) is 24.5 Å². The SMILES string of the molecule is Cc1ccc(CN2C(=O)CN(c3ncc(Cl)cc3F)C(=O)[C@@H]2C2COC2)cc1F. The molecule has 2 aliphatic heterocycles. The van der Waals surface area contributed by atoms with Crippen LogP contribution in [0.5, 0.6) is 0 Å². The third kappa shape index (κ3) is 3.70. The molecule has 0 unspecified atom stereocenters. The first-order valence-corrected chi connectivity index (χ1v) is 9.47. The minimum absolute atomic E-state index is 0.0767. The van der Waals surface area contributed by atoms with Crippen LogP contribution in [0.1, 0.15) is 11.1 Å². The fourth-order valence-corrected chi connectivity index (χ4v) is 3.69. The summed E-state index contributed by atoms with van der Waals surface area (Å²) in [5.74, 6) is -2.44. The fourth-order valence-electron chi connectivity index (χ4n) is 3.55. The van der Waals surface area contributed by atoms with E-state index in [0.29, 0.717) is 24.3 Å². The number of piperazine rings is 1. The van der Waals surface area contributed by atoms with E-state index in [-0.39, 0.29) is 41.6 Å². The molecule has 4 rings (SSSR count). The molecule has 29 heavy (non-hydrogen) atoms. The van der Waals surface area contributed by atoms with Crippen molar-refractivity contribution in [3.63, 3.8) is 0 Å². The molecule has 9 heteroatoms. The molecule has 2 fully saturated rings. The molecule has 0 saturated carbocycles. The lowest BCUT2D eigenvalue weighted by atomic mass is 9.92. The van der Waals surface area contributed by atoms with Gasteiger partial charge in [0, 0.05) is 18.7 Å². The highest BCUT2D eigenvalue weighted by molar-refractivity contribution is 6.30. The van der Waals surface area contributed by atoms with Gasteiger partial charge in [0.05, 0.1) is 18.2 Å². The summed E-state index contributed by atoms with van der Waals surface area (Å²) in [4.78, 5) is 32.5. The lowest BCUT2D eigenvalue weighted by Gasteiger charge is -2.45. The van der Waals surface area contributed by atoms with E-state index in [2.05, 4.69) is 4.98 Å². The standard InChI is InChI=1S/C20H18ClF2N3O3/c1-11-2-3-12(4-15(11)22)7-25-17(27)8-26(19-16(23)5-14(21)6-24-19)20(28)18(25)13-9-29-10-13/h2-6,13,18H,7-10H2,1H3/t18-/m0/s1. The molecule has 1 aromatic heterocycles. The molecular formula is C20H18ClF2N3O3. The number of benzene rings is 1. The maximum atomic E-state index is 14.4. The highest BCUT2D eigenvalue weighted by Gasteiger charge is 2.47. The van der Waals surface area contributed by atoms with Gasteiger partial charge in [0.1, 0.15) is 18.4 Å². The number of carbonyl (C=O) groups excluding carboxylic acids is 2. The van der Waals surface area contributed by atoms with Gasteiger partial charge in [-0.3, -0.25) is 14.5 Å². The summed E-state index contributed by atoms with van der Waals surface area (Å²) in [7, 11) is 0. The van der Waals surface area contributed by atoms with Crippen molar-refractivity contribution in [1.29, 1.82) is 0 Å². The first kappa shape index (κ1) is 19.7. The van der Waals surface area contributed by atoms with E-state index in [1.807, 2.05) is 0 Å². The summed E-state index contributed by atoms with van der Waals surface area (Å²) in [6.07, 6.45) is 1.22. The van der Waals surface area contributed by atoms with E-state index in [1.54, 1.807) is 19.1 Å². The summed E-state index contributed by atoms with van der Waals surface area (Å²) in [6.45, 7) is 1.99. The highest BCUT2D eigenvalue weighted by Crippen LogP contribution is 2.30. The fraction of sp³-hybridized carbons (Fsp3) is 0.350. The normalized spacial score (nSPS) is 20.2. The zero-order valence-corrected chi connectivity index (χ0v) is 16.3. The molecule has 2 aliphatic rings. The largest absolute Gasteiger partial charge is 0.380 e. The lowest BCUT2D eigenvalue weighted by Crippen LogP contribution is -2.65. The number of halogens is 3. The van der Waals surface area contributed by atoms with E-state index in [4.69, 9.17) is 16.3 Å². The van der Waals surface area contributed by atoms with Crippen molar-refractivity contribution in [2.24, 2.45) is 5.92 Å². The molecule has 1 atom stereocenters. The quantitative estimate of drug-likeness (QED) is 0.761. The Labute approximate surface area is 171 Å². The van der Waals surface area contributed by atoms with Crippen molar-refractivity contribution in [3.8, 4) is 0 Å². The van der Waals surface area contributed by atoms with Gasteiger partial charge < -0.3 is 9.64 Å². The summed E-state index contributed by atoms with van der Waals surface area (Å²) in [5.41, 5.74) is 1.07. The van der Waals surface area contributed by atoms with Crippen molar-refractivity contribution in [2.45, 2.75) is 19.5 Å². The number of nitrogens with zero attached hydrogens (tertiary/aromatic N) is 3. The van der Waals surface area contributed by atoms with Gasteiger partial charge in [0.25, 0.3) is 5.91 Å². The summed E-state index contributed by atoms with van der Waals surface area (Å²) < 4.78 is 33.5. The number of ether oxygens (including phenoxy) is 1. The Bertz CT molecular complexity index is 983. The number of aromatic nitrogens is 1. The predicted molar refractivity (Wildman–Crippen MR) is 101 cm³/mol. The molecule has 1 aromatic carbocycles. The molecule has 0 aliphatic carbocycles. The molecule has 2 aromatic rings. The van der Waals surface area contributed by atoms with Gasteiger partial charge in [0.15, 0.2) is 11.6 Å². The number of pyridine rings is 1. The van der Waals surface area contributed by atoms with Gasteiger partial charge in [-0.1, -0.05) is 23.7 Å². The molecule has 0 N–H and O–H groups in total. The molecule has 2 saturated heterocycles. The Hall–Kier alpha value is -2.58. The van der Waals surface area contributed by atoms with Crippen LogP contribution in [0.15, 0.2) is 30.5 Å². The van der Waals surface area contributed by atoms with Gasteiger partial charge in [-0.05, 0) is 30.2 Å². The Kier molecular flexibility index (Phi) is 5.23. The van der Waals surface area contributed by atoms with E-state index in [9.17, 15) is 18.4 Å². The molecule has 0 bridgehead atoms. The second-order valence-electron chi connectivity index (χ2n) is 7.23. The van der Waals surface area contributed by atoms with E-state index < -0.39 is 17.8 Å². The number of rotatable bonds is 4. The van der Waals surface area contributed by atoms with Crippen molar-refractivity contribution >= 4 is 29.2 Å². The van der Waals surface area contributed by atoms with Crippen LogP contribution < -0.4 is 4.90 Å². The number of anilines is 1. The van der Waals surface area contributed by atoms with Gasteiger partial charge in [0.2, 0.25) is 5.91 Å². The van der Waals surface area contributed by atoms with E-state index >= 15 is 0 Å². The highest BCUT2D eigenvalue weighted by atomic mass is 35.5. The number of carbonyl (C=O) groups is 2. The third-order valence-corrected chi connectivity index (χ3v) is 5.42. The molecule has 152 valence electrons. The third-order valence-electron chi connectivity index (χ3n) is 5.21. The number of hydrogen-bond donors (Lipinski definition) is 0. The van der Waals surface area contributed by atoms with Crippen molar-refractivity contribution in [1.82, 2.24) is 9.88 Å². The van der Waals surface area contributed by atoms with Crippen molar-refractivity contribution in [3.05, 3.63) is 58.2 Å². The minimum Gasteiger partial charge on any atom is -0.380 e. The molecule has 3 heterocycles. The van der Waals surface area contributed by atoms with Crippen LogP contribution in [-0.4, -0.2) is 47.5 Å². The Morgan fingerprint density at radius 2 is 1.97 bits per heavy atom. The Morgan fingerprint density at radius 1 is 1.21 bits per heavy atom. The topological polar surface area (TPSA) is 62.7 Å². The van der Waals surface area contributed by atoms with Crippen LogP contribution >= 0.6 is 11.6 Å². The smallest absolute Gasteiger partial charge is 0.251 e. The first-order chi connectivity index (χ1) is 13.8. The van der Waals surface area contributed by atoms with Crippen molar-refractivity contribution in [2.75, 3.05) is 24.7 Å². The first-order valence-electron chi connectivity index (χ1n) is 9.10. The van der Waals surface area contributed by atoms with Crippen LogP contribution in [-0.2, 0) is 20.9 Å². The number of aryl methyl sites for hydroxylation is 1. The summed E-state index contributed by atoms with van der Waals surface area (Å²) >= 11 is 5.74. The molecule has 0 radical (unpaired) electrons. The molecular weight excluding hydrogens is 404 g/mol. The van der Waals surface area contributed by atoms with Crippen molar-refractivity contribution < 1.29 is 23.1 Å². The van der Waals surface area contributed by atoms with Gasteiger partial charge in [-0.15, -0.1) is 0 Å². The second-order valence-corrected chi connectivity index (χ2v) is 7.67. The van der Waals surface area contributed by atoms with Gasteiger partial charge in [-0.2, -0.15) is 0 Å².